The first kappa shape index (κ1) is 14.7. The van der Waals surface area contributed by atoms with E-state index in [9.17, 15) is 14.4 Å². The molecule has 0 atom stereocenters. The van der Waals surface area contributed by atoms with Gasteiger partial charge >= 0.3 is 11.9 Å². The topological polar surface area (TPSA) is 78.9 Å². The highest BCUT2D eigenvalue weighted by atomic mass is 16.5. The zero-order valence-corrected chi connectivity index (χ0v) is 10.7. The number of carbonyl (C=O) groups excluding carboxylic acids is 3. The van der Waals surface area contributed by atoms with Crippen LogP contribution in [-0.4, -0.2) is 38.5 Å². The number of rotatable bonds is 6. The summed E-state index contributed by atoms with van der Waals surface area (Å²) in [5, 5.41) is 0. The molecule has 1 rings (SSSR count). The van der Waals surface area contributed by atoms with Crippen molar-refractivity contribution in [3.05, 3.63) is 29.8 Å². The van der Waals surface area contributed by atoms with Crippen molar-refractivity contribution in [2.45, 2.75) is 6.42 Å². The van der Waals surface area contributed by atoms with Crippen molar-refractivity contribution in [3.63, 3.8) is 0 Å². The first-order chi connectivity index (χ1) is 9.08. The first-order valence-corrected chi connectivity index (χ1v) is 5.47. The molecule has 102 valence electrons. The van der Waals surface area contributed by atoms with Crippen molar-refractivity contribution in [1.29, 1.82) is 0 Å². The van der Waals surface area contributed by atoms with Gasteiger partial charge in [-0.1, -0.05) is 12.1 Å². The number of benzene rings is 1. The van der Waals surface area contributed by atoms with Crippen LogP contribution >= 0.6 is 0 Å². The summed E-state index contributed by atoms with van der Waals surface area (Å²) in [6, 6.07) is 6.59. The van der Waals surface area contributed by atoms with Gasteiger partial charge in [0.2, 0.25) is 5.78 Å². The summed E-state index contributed by atoms with van der Waals surface area (Å²) in [5.74, 6) is -1.53. The molecule has 0 N–H and O–H groups in total. The van der Waals surface area contributed by atoms with Gasteiger partial charge in [0.25, 0.3) is 0 Å². The molecule has 0 saturated heterocycles. The lowest BCUT2D eigenvalue weighted by Crippen LogP contribution is -2.17. The molecule has 0 aliphatic rings. The zero-order chi connectivity index (χ0) is 14.3. The predicted octanol–water partition coefficient (Wildman–Crippen LogP) is 0.984. The van der Waals surface area contributed by atoms with E-state index in [1.165, 1.54) is 7.11 Å². The molecule has 0 saturated carbocycles. The van der Waals surface area contributed by atoms with Gasteiger partial charge in [-0.05, 0) is 12.1 Å². The number of ether oxygens (including phenoxy) is 3. The molecule has 0 spiro atoms. The average molecular weight is 266 g/mol. The second-order valence-electron chi connectivity index (χ2n) is 3.54. The predicted molar refractivity (Wildman–Crippen MR) is 64.9 cm³/mol. The van der Waals surface area contributed by atoms with E-state index in [2.05, 4.69) is 9.47 Å². The molecule has 0 unspecified atom stereocenters. The summed E-state index contributed by atoms with van der Waals surface area (Å²) in [6.45, 7) is -0.448. The van der Waals surface area contributed by atoms with Gasteiger partial charge in [0.15, 0.2) is 6.61 Å². The monoisotopic (exact) mass is 266 g/mol. The first-order valence-electron chi connectivity index (χ1n) is 5.47. The van der Waals surface area contributed by atoms with Gasteiger partial charge in [-0.25, -0.2) is 0 Å². The molecule has 1 aromatic rings. The van der Waals surface area contributed by atoms with Crippen LogP contribution in [0, 0.1) is 0 Å². The number of para-hydroxylation sites is 1. The molecule has 6 heteroatoms. The lowest BCUT2D eigenvalue weighted by atomic mass is 10.1. The third-order valence-electron chi connectivity index (χ3n) is 2.29. The summed E-state index contributed by atoms with van der Waals surface area (Å²) >= 11 is 0. The summed E-state index contributed by atoms with van der Waals surface area (Å²) < 4.78 is 14.0. The minimum atomic E-state index is -0.810. The summed E-state index contributed by atoms with van der Waals surface area (Å²) in [7, 11) is 2.60. The summed E-state index contributed by atoms with van der Waals surface area (Å²) in [4.78, 5) is 33.8. The van der Waals surface area contributed by atoms with Crippen LogP contribution in [0.15, 0.2) is 24.3 Å². The Morgan fingerprint density at radius 1 is 1.05 bits per heavy atom. The quantitative estimate of drug-likeness (QED) is 0.434. The third kappa shape index (κ3) is 4.42. The number of ketones is 1. The Kier molecular flexibility index (Phi) is 5.53. The van der Waals surface area contributed by atoms with Crippen LogP contribution < -0.4 is 4.74 Å². The number of Topliss-reactive ketones (excluding diaryl/α,β-unsaturated/α-hetero) is 1. The fourth-order valence-corrected chi connectivity index (χ4v) is 1.34. The minimum Gasteiger partial charge on any atom is -0.496 e. The van der Waals surface area contributed by atoms with Gasteiger partial charge in [0.05, 0.1) is 19.8 Å². The van der Waals surface area contributed by atoms with Crippen LogP contribution in [0.2, 0.25) is 0 Å². The van der Waals surface area contributed by atoms with Crippen molar-refractivity contribution >= 4 is 17.7 Å². The van der Waals surface area contributed by atoms with Crippen molar-refractivity contribution in [2.75, 3.05) is 20.8 Å². The fourth-order valence-electron chi connectivity index (χ4n) is 1.34. The maximum absolute atomic E-state index is 11.8. The highest BCUT2D eigenvalue weighted by Crippen LogP contribution is 2.17. The zero-order valence-electron chi connectivity index (χ0n) is 10.7. The number of methoxy groups -OCH3 is 2. The van der Waals surface area contributed by atoms with Crippen LogP contribution in [0.3, 0.4) is 0 Å². The largest absolute Gasteiger partial charge is 0.496 e. The minimum absolute atomic E-state index is 0.316. The molecule has 0 heterocycles. The Morgan fingerprint density at radius 2 is 1.74 bits per heavy atom. The van der Waals surface area contributed by atoms with E-state index in [1.807, 2.05) is 0 Å². The van der Waals surface area contributed by atoms with E-state index >= 15 is 0 Å². The second-order valence-corrected chi connectivity index (χ2v) is 3.54. The van der Waals surface area contributed by atoms with E-state index in [0.29, 0.717) is 11.3 Å². The van der Waals surface area contributed by atoms with Crippen LogP contribution in [0.4, 0.5) is 0 Å². The number of hydrogen-bond donors (Lipinski definition) is 0. The molecular formula is C13H14O6. The molecule has 0 bridgehead atoms. The molecule has 0 radical (unpaired) electrons. The average Bonchev–Trinajstić information content (AvgIpc) is 2.44. The van der Waals surface area contributed by atoms with Crippen molar-refractivity contribution in [3.8, 4) is 5.75 Å². The Bertz CT molecular complexity index is 480. The lowest BCUT2D eigenvalue weighted by Gasteiger charge is -2.07. The highest BCUT2D eigenvalue weighted by Gasteiger charge is 2.16. The SMILES string of the molecule is COC(=O)CC(=O)OCC(=O)c1ccccc1OC. The second kappa shape index (κ2) is 7.15. The van der Waals surface area contributed by atoms with E-state index in [1.54, 1.807) is 24.3 Å². The number of esters is 2. The van der Waals surface area contributed by atoms with Gasteiger partial charge in [-0.3, -0.25) is 14.4 Å². The van der Waals surface area contributed by atoms with Crippen molar-refractivity contribution in [1.82, 2.24) is 0 Å². The smallest absolute Gasteiger partial charge is 0.317 e. The molecule has 0 fully saturated rings. The Hall–Kier alpha value is -2.37. The summed E-state index contributed by atoms with van der Waals surface area (Å²) in [5.41, 5.74) is 0.316. The maximum atomic E-state index is 11.8. The number of hydrogen-bond acceptors (Lipinski definition) is 6. The number of carbonyl (C=O) groups is 3. The lowest BCUT2D eigenvalue weighted by molar-refractivity contribution is -0.152. The Balaban J connectivity index is 2.56. The Labute approximate surface area is 110 Å². The van der Waals surface area contributed by atoms with Crippen LogP contribution in [0.25, 0.3) is 0 Å². The molecule has 6 nitrogen and oxygen atoms in total. The van der Waals surface area contributed by atoms with E-state index in [-0.39, 0.29) is 0 Å². The molecule has 0 aliphatic carbocycles. The molecule has 1 aromatic carbocycles. The van der Waals surface area contributed by atoms with Crippen molar-refractivity contribution in [2.24, 2.45) is 0 Å². The standard InChI is InChI=1S/C13H14O6/c1-17-11-6-4-3-5-9(11)10(14)8-19-13(16)7-12(15)18-2/h3-6H,7-8H2,1-2H3. The molecule has 0 aromatic heterocycles. The normalized spacial score (nSPS) is 9.58. The molecule has 19 heavy (non-hydrogen) atoms. The van der Waals surface area contributed by atoms with Crippen LogP contribution in [0.5, 0.6) is 5.75 Å². The van der Waals surface area contributed by atoms with E-state index in [4.69, 9.17) is 4.74 Å². The fraction of sp³-hybridized carbons (Fsp3) is 0.308. The molecular weight excluding hydrogens is 252 g/mol. The van der Waals surface area contributed by atoms with Gasteiger partial charge in [0.1, 0.15) is 12.2 Å². The van der Waals surface area contributed by atoms with Crippen LogP contribution in [0.1, 0.15) is 16.8 Å². The van der Waals surface area contributed by atoms with Crippen LogP contribution in [-0.2, 0) is 19.1 Å². The van der Waals surface area contributed by atoms with Gasteiger partial charge in [-0.15, -0.1) is 0 Å². The van der Waals surface area contributed by atoms with Crippen molar-refractivity contribution < 1.29 is 28.6 Å². The summed E-state index contributed by atoms with van der Waals surface area (Å²) in [6.07, 6.45) is -0.518. The van der Waals surface area contributed by atoms with Gasteiger partial charge in [-0.2, -0.15) is 0 Å². The third-order valence-corrected chi connectivity index (χ3v) is 2.29. The molecule has 0 amide bonds. The maximum Gasteiger partial charge on any atom is 0.317 e. The Morgan fingerprint density at radius 3 is 2.37 bits per heavy atom. The van der Waals surface area contributed by atoms with E-state index in [0.717, 1.165) is 7.11 Å². The van der Waals surface area contributed by atoms with Gasteiger partial charge in [0, 0.05) is 0 Å². The highest BCUT2D eigenvalue weighted by molar-refractivity contribution is 6.01. The van der Waals surface area contributed by atoms with E-state index < -0.39 is 30.7 Å². The van der Waals surface area contributed by atoms with Gasteiger partial charge < -0.3 is 14.2 Å². The molecule has 0 aliphatic heterocycles.